The molecule has 0 aliphatic carbocycles. The van der Waals surface area contributed by atoms with Gasteiger partial charge in [-0.1, -0.05) is 42.5 Å². The van der Waals surface area contributed by atoms with E-state index < -0.39 is 13.7 Å². The molecular formula is C29H24NO+. The Kier molecular flexibility index (Phi) is 2.67. The minimum atomic E-state index is -2.50. The third kappa shape index (κ3) is 2.48. The number of aryl methyl sites for hydroxylation is 4. The molecule has 0 unspecified atom stereocenters. The van der Waals surface area contributed by atoms with Crippen molar-refractivity contribution >= 4 is 43.6 Å². The molecule has 6 rings (SSSR count). The number of hydrogen-bond acceptors (Lipinski definition) is 1. The minimum Gasteiger partial charge on any atom is -0.455 e. The average Bonchev–Trinajstić information content (AvgIpc) is 3.23. The summed E-state index contributed by atoms with van der Waals surface area (Å²) >= 11 is 0. The summed E-state index contributed by atoms with van der Waals surface area (Å²) in [6.07, 6.45) is 0. The van der Waals surface area contributed by atoms with Gasteiger partial charge in [0.05, 0.1) is 10.9 Å². The van der Waals surface area contributed by atoms with Gasteiger partial charge < -0.3 is 4.42 Å². The predicted octanol–water partition coefficient (Wildman–Crippen LogP) is 7.31. The van der Waals surface area contributed by atoms with Gasteiger partial charge in [0.1, 0.15) is 18.2 Å². The van der Waals surface area contributed by atoms with Crippen LogP contribution in [-0.2, 0) is 7.05 Å². The summed E-state index contributed by atoms with van der Waals surface area (Å²) in [6.45, 7) is -2.97. The van der Waals surface area contributed by atoms with Gasteiger partial charge in [-0.05, 0) is 55.3 Å². The van der Waals surface area contributed by atoms with Crippen LogP contribution in [0.4, 0.5) is 0 Å². The van der Waals surface area contributed by atoms with Crippen LogP contribution in [0.25, 0.3) is 54.9 Å². The van der Waals surface area contributed by atoms with Gasteiger partial charge in [0, 0.05) is 42.1 Å². The molecular weight excluding hydrogens is 378 g/mol. The highest BCUT2D eigenvalue weighted by atomic mass is 16.3. The maximum Gasteiger partial charge on any atom is 0.213 e. The fraction of sp³-hybridized carbons (Fsp3) is 0.138. The van der Waals surface area contributed by atoms with Gasteiger partial charge in [-0.15, -0.1) is 0 Å². The van der Waals surface area contributed by atoms with Crippen molar-refractivity contribution in [3.63, 3.8) is 0 Å². The number of benzene rings is 4. The first-order valence-electron chi connectivity index (χ1n) is 13.3. The van der Waals surface area contributed by atoms with Crippen molar-refractivity contribution in [3.8, 4) is 11.3 Å². The number of aromatic nitrogens is 1. The van der Waals surface area contributed by atoms with Crippen LogP contribution < -0.4 is 4.57 Å². The Morgan fingerprint density at radius 2 is 1.58 bits per heavy atom. The number of hydrogen-bond donors (Lipinski definition) is 0. The molecule has 0 saturated heterocycles. The van der Waals surface area contributed by atoms with Crippen LogP contribution in [0.3, 0.4) is 0 Å². The summed E-state index contributed by atoms with van der Waals surface area (Å²) < 4.78 is 57.1. The van der Waals surface area contributed by atoms with Gasteiger partial charge in [-0.25, -0.2) is 0 Å². The van der Waals surface area contributed by atoms with Crippen LogP contribution in [0, 0.1) is 20.6 Å². The summed E-state index contributed by atoms with van der Waals surface area (Å²) in [4.78, 5) is 0. The summed E-state index contributed by atoms with van der Waals surface area (Å²) in [5, 5.41) is 4.40. The molecule has 0 fully saturated rings. The molecule has 2 nitrogen and oxygen atoms in total. The number of furan rings is 1. The Bertz CT molecular complexity index is 1880. The van der Waals surface area contributed by atoms with Gasteiger partial charge in [0.2, 0.25) is 11.2 Å². The van der Waals surface area contributed by atoms with Crippen molar-refractivity contribution in [2.75, 3.05) is 0 Å². The first kappa shape index (κ1) is 12.9. The molecule has 0 radical (unpaired) electrons. The van der Waals surface area contributed by atoms with Crippen LogP contribution in [0.15, 0.2) is 77.2 Å². The Morgan fingerprint density at radius 1 is 0.774 bits per heavy atom. The van der Waals surface area contributed by atoms with E-state index in [9.17, 15) is 0 Å². The van der Waals surface area contributed by atoms with Crippen LogP contribution in [0.5, 0.6) is 0 Å². The summed E-state index contributed by atoms with van der Waals surface area (Å²) in [6, 6.07) is 22.8. The van der Waals surface area contributed by atoms with Crippen molar-refractivity contribution in [3.05, 3.63) is 89.5 Å². The number of pyridine rings is 1. The van der Waals surface area contributed by atoms with Crippen molar-refractivity contribution < 1.29 is 17.2 Å². The van der Waals surface area contributed by atoms with Gasteiger partial charge in [-0.2, -0.15) is 4.57 Å². The molecule has 0 amide bonds. The average molecular weight is 409 g/mol. The molecule has 0 spiro atoms. The lowest BCUT2D eigenvalue weighted by Crippen LogP contribution is -2.32. The summed E-state index contributed by atoms with van der Waals surface area (Å²) in [7, 11) is 1.83. The van der Waals surface area contributed by atoms with Gasteiger partial charge in [-0.3, -0.25) is 0 Å². The minimum absolute atomic E-state index is 0.0254. The first-order chi connectivity index (χ1) is 17.5. The van der Waals surface area contributed by atoms with Crippen LogP contribution >= 0.6 is 0 Å². The molecule has 0 aliphatic rings. The molecule has 2 aromatic heterocycles. The third-order valence-electron chi connectivity index (χ3n) is 6.37. The second-order valence-electron chi connectivity index (χ2n) is 8.08. The maximum atomic E-state index is 8.24. The van der Waals surface area contributed by atoms with Gasteiger partial charge >= 0.3 is 0 Å². The monoisotopic (exact) mass is 408 g/mol. The van der Waals surface area contributed by atoms with Crippen LogP contribution in [-0.4, -0.2) is 0 Å². The maximum absolute atomic E-state index is 8.24. The lowest BCUT2D eigenvalue weighted by Gasteiger charge is -2.10. The van der Waals surface area contributed by atoms with E-state index in [1.165, 1.54) is 6.07 Å². The molecule has 31 heavy (non-hydrogen) atoms. The molecule has 150 valence electrons. The van der Waals surface area contributed by atoms with Crippen molar-refractivity contribution in [1.82, 2.24) is 0 Å². The van der Waals surface area contributed by atoms with E-state index in [-0.39, 0.29) is 16.5 Å². The van der Waals surface area contributed by atoms with Crippen molar-refractivity contribution in [2.24, 2.45) is 7.05 Å². The highest BCUT2D eigenvalue weighted by molar-refractivity contribution is 6.16. The second-order valence-corrected chi connectivity index (χ2v) is 8.08. The highest BCUT2D eigenvalue weighted by Gasteiger charge is 2.22. The number of rotatable bonds is 1. The van der Waals surface area contributed by atoms with E-state index >= 15 is 0 Å². The Labute approximate surface area is 189 Å². The largest absolute Gasteiger partial charge is 0.455 e. The van der Waals surface area contributed by atoms with Crippen molar-refractivity contribution in [2.45, 2.75) is 20.6 Å². The molecule has 6 aromatic rings. The summed E-state index contributed by atoms with van der Waals surface area (Å²) in [5.74, 6) is 0. The smallest absolute Gasteiger partial charge is 0.213 e. The molecule has 2 heteroatoms. The molecule has 2 heterocycles. The lowest BCUT2D eigenvalue weighted by atomic mass is 9.97. The standard InChI is InChI=1S/C29H24NO/c1-17-8-7-11-25-27(17)18(2)16-26(30(25)4)21-14-15-23-24-13-12-20-9-5-6-10-22(20)29(24)31-28(23)19(21)3/h5-16H,1-4H3/q+1/i1D3,2D3. The molecule has 0 N–H and O–H groups in total. The van der Waals surface area contributed by atoms with Crippen LogP contribution in [0.1, 0.15) is 24.9 Å². The fourth-order valence-electron chi connectivity index (χ4n) is 4.78. The zero-order valence-corrected chi connectivity index (χ0v) is 17.3. The predicted molar refractivity (Wildman–Crippen MR) is 130 cm³/mol. The lowest BCUT2D eigenvalue weighted by molar-refractivity contribution is -0.633. The van der Waals surface area contributed by atoms with Gasteiger partial charge in [0.15, 0.2) is 0 Å². The zero-order chi connectivity index (χ0) is 26.3. The van der Waals surface area contributed by atoms with E-state index in [2.05, 4.69) is 18.2 Å². The topological polar surface area (TPSA) is 17.0 Å². The SMILES string of the molecule is [2H]C([2H])([2H])c1cccc2c1c(C([2H])([2H])[2H])cc(-c1ccc3c(oc4c5ccccc5ccc34)c1C)[n+]2C. The normalized spacial score (nSPS) is 15.5. The molecule has 0 saturated carbocycles. The molecule has 0 bridgehead atoms. The summed E-state index contributed by atoms with van der Waals surface area (Å²) in [5.41, 5.74) is 4.56. The highest BCUT2D eigenvalue weighted by Crippen LogP contribution is 2.38. The zero-order valence-electron chi connectivity index (χ0n) is 23.3. The van der Waals surface area contributed by atoms with Crippen LogP contribution in [0.2, 0.25) is 0 Å². The number of nitrogens with zero attached hydrogens (tertiary/aromatic N) is 1. The third-order valence-corrected chi connectivity index (χ3v) is 6.37. The first-order valence-corrected chi connectivity index (χ1v) is 10.3. The second kappa shape index (κ2) is 6.42. The molecule has 4 aromatic carbocycles. The molecule has 0 aliphatic heterocycles. The van der Waals surface area contributed by atoms with E-state index in [1.54, 1.807) is 18.2 Å². The quantitative estimate of drug-likeness (QED) is 0.261. The Morgan fingerprint density at radius 3 is 2.45 bits per heavy atom. The van der Waals surface area contributed by atoms with Crippen molar-refractivity contribution in [1.29, 1.82) is 0 Å². The molecule has 0 atom stereocenters. The van der Waals surface area contributed by atoms with E-state index in [1.807, 2.05) is 48.9 Å². The Hall–Kier alpha value is -3.65. The van der Waals surface area contributed by atoms with E-state index in [0.29, 0.717) is 11.2 Å². The van der Waals surface area contributed by atoms with Gasteiger partial charge in [0.25, 0.3) is 0 Å². The van der Waals surface area contributed by atoms with E-state index in [4.69, 9.17) is 12.6 Å². The fourth-order valence-corrected chi connectivity index (χ4v) is 4.78. The Balaban J connectivity index is 1.69. The number of fused-ring (bicyclic) bond motifs is 6. The van der Waals surface area contributed by atoms with E-state index in [0.717, 1.165) is 43.8 Å².